The molecule has 0 N–H and O–H groups in total. The van der Waals surface area contributed by atoms with Gasteiger partial charge < -0.3 is 4.90 Å². The second-order valence-corrected chi connectivity index (χ2v) is 3.55. The van der Waals surface area contributed by atoms with E-state index in [9.17, 15) is 4.39 Å². The van der Waals surface area contributed by atoms with Crippen LogP contribution in [-0.4, -0.2) is 13.6 Å². The van der Waals surface area contributed by atoms with Crippen LogP contribution in [-0.2, 0) is 0 Å². The highest BCUT2D eigenvalue weighted by Gasteiger charge is 2.07. The van der Waals surface area contributed by atoms with Crippen LogP contribution >= 0.6 is 0 Å². The zero-order valence-electron chi connectivity index (χ0n) is 9.13. The Labute approximate surface area is 89.9 Å². The van der Waals surface area contributed by atoms with E-state index in [1.807, 2.05) is 18.0 Å². The fourth-order valence-electron chi connectivity index (χ4n) is 1.45. The van der Waals surface area contributed by atoms with Gasteiger partial charge in [0.05, 0.1) is 11.3 Å². The lowest BCUT2D eigenvalue weighted by Gasteiger charge is -2.19. The summed E-state index contributed by atoms with van der Waals surface area (Å²) in [5, 5.41) is 8.87. The molecule has 0 amide bonds. The van der Waals surface area contributed by atoms with Crippen LogP contribution in [0.2, 0.25) is 0 Å². The molecular formula is C12H15FN2. The first-order valence-corrected chi connectivity index (χ1v) is 5.09. The van der Waals surface area contributed by atoms with Gasteiger partial charge in [-0.2, -0.15) is 5.26 Å². The van der Waals surface area contributed by atoms with Crippen LogP contribution in [0.4, 0.5) is 10.1 Å². The van der Waals surface area contributed by atoms with E-state index >= 15 is 0 Å². The zero-order chi connectivity index (χ0) is 11.3. The van der Waals surface area contributed by atoms with Crippen molar-refractivity contribution in [3.8, 4) is 6.07 Å². The van der Waals surface area contributed by atoms with Crippen molar-refractivity contribution in [2.45, 2.75) is 19.8 Å². The van der Waals surface area contributed by atoms with E-state index in [0.29, 0.717) is 5.56 Å². The SMILES string of the molecule is CCCCN(C)c1ccc(F)cc1C#N. The minimum atomic E-state index is -0.362. The van der Waals surface area contributed by atoms with Gasteiger partial charge in [0.2, 0.25) is 0 Å². The second kappa shape index (κ2) is 5.35. The van der Waals surface area contributed by atoms with Gasteiger partial charge in [-0.25, -0.2) is 4.39 Å². The standard InChI is InChI=1S/C12H15FN2/c1-3-4-7-15(2)12-6-5-11(13)8-10(12)9-14/h5-6,8H,3-4,7H2,1-2H3. The molecule has 1 rings (SSSR count). The van der Waals surface area contributed by atoms with Gasteiger partial charge in [-0.3, -0.25) is 0 Å². The Balaban J connectivity index is 2.89. The maximum atomic E-state index is 12.9. The Morgan fingerprint density at radius 3 is 2.80 bits per heavy atom. The molecule has 0 bridgehead atoms. The number of hydrogen-bond acceptors (Lipinski definition) is 2. The second-order valence-electron chi connectivity index (χ2n) is 3.55. The van der Waals surface area contributed by atoms with Crippen LogP contribution in [0.1, 0.15) is 25.3 Å². The number of nitriles is 1. The minimum absolute atomic E-state index is 0.362. The van der Waals surface area contributed by atoms with Crippen LogP contribution < -0.4 is 4.90 Å². The number of hydrogen-bond donors (Lipinski definition) is 0. The molecule has 0 fully saturated rings. The lowest BCUT2D eigenvalue weighted by Crippen LogP contribution is -2.19. The van der Waals surface area contributed by atoms with Crippen molar-refractivity contribution >= 4 is 5.69 Å². The molecule has 0 heterocycles. The van der Waals surface area contributed by atoms with E-state index in [2.05, 4.69) is 6.92 Å². The van der Waals surface area contributed by atoms with Crippen molar-refractivity contribution in [2.75, 3.05) is 18.5 Å². The molecule has 0 atom stereocenters. The first-order valence-electron chi connectivity index (χ1n) is 5.09. The summed E-state index contributed by atoms with van der Waals surface area (Å²) in [5.74, 6) is -0.362. The highest BCUT2D eigenvalue weighted by atomic mass is 19.1. The molecule has 0 radical (unpaired) electrons. The molecule has 0 aliphatic carbocycles. The summed E-state index contributed by atoms with van der Waals surface area (Å²) >= 11 is 0. The molecule has 0 unspecified atom stereocenters. The van der Waals surface area contributed by atoms with Crippen LogP contribution in [0, 0.1) is 17.1 Å². The van der Waals surface area contributed by atoms with Gasteiger partial charge in [-0.05, 0) is 24.6 Å². The molecule has 0 aliphatic rings. The van der Waals surface area contributed by atoms with Crippen molar-refractivity contribution in [3.05, 3.63) is 29.6 Å². The van der Waals surface area contributed by atoms with Crippen LogP contribution in [0.5, 0.6) is 0 Å². The summed E-state index contributed by atoms with van der Waals surface area (Å²) in [5.41, 5.74) is 1.20. The maximum Gasteiger partial charge on any atom is 0.124 e. The summed E-state index contributed by atoms with van der Waals surface area (Å²) in [6, 6.07) is 6.33. The number of halogens is 1. The van der Waals surface area contributed by atoms with E-state index in [1.165, 1.54) is 12.1 Å². The number of benzene rings is 1. The normalized spacial score (nSPS) is 9.73. The van der Waals surface area contributed by atoms with Crippen LogP contribution in [0.25, 0.3) is 0 Å². The Morgan fingerprint density at radius 1 is 1.47 bits per heavy atom. The molecule has 0 saturated heterocycles. The lowest BCUT2D eigenvalue weighted by atomic mass is 10.1. The lowest BCUT2D eigenvalue weighted by molar-refractivity contribution is 0.627. The van der Waals surface area contributed by atoms with Crippen molar-refractivity contribution in [2.24, 2.45) is 0 Å². The van der Waals surface area contributed by atoms with Gasteiger partial charge >= 0.3 is 0 Å². The number of nitrogens with zero attached hydrogens (tertiary/aromatic N) is 2. The van der Waals surface area contributed by atoms with Crippen LogP contribution in [0.15, 0.2) is 18.2 Å². The van der Waals surface area contributed by atoms with Gasteiger partial charge in [-0.15, -0.1) is 0 Å². The topological polar surface area (TPSA) is 27.0 Å². The molecule has 0 aliphatic heterocycles. The largest absolute Gasteiger partial charge is 0.374 e. The highest BCUT2D eigenvalue weighted by molar-refractivity contribution is 5.58. The van der Waals surface area contributed by atoms with Gasteiger partial charge in [0.25, 0.3) is 0 Å². The predicted molar refractivity (Wildman–Crippen MR) is 59.3 cm³/mol. The molecule has 80 valence electrons. The summed E-state index contributed by atoms with van der Waals surface area (Å²) in [7, 11) is 1.92. The fraction of sp³-hybridized carbons (Fsp3) is 0.417. The number of unbranched alkanes of at least 4 members (excludes halogenated alkanes) is 1. The third kappa shape index (κ3) is 2.95. The Kier molecular flexibility index (Phi) is 4.11. The van der Waals surface area contributed by atoms with E-state index in [1.54, 1.807) is 6.07 Å². The number of rotatable bonds is 4. The monoisotopic (exact) mass is 206 g/mol. The van der Waals surface area contributed by atoms with Crippen molar-refractivity contribution in [3.63, 3.8) is 0 Å². The first-order chi connectivity index (χ1) is 7.19. The maximum absolute atomic E-state index is 12.9. The summed E-state index contributed by atoms with van der Waals surface area (Å²) < 4.78 is 12.9. The molecule has 15 heavy (non-hydrogen) atoms. The molecular weight excluding hydrogens is 191 g/mol. The summed E-state index contributed by atoms with van der Waals surface area (Å²) in [6.45, 7) is 3.00. The Bertz CT molecular complexity index is 368. The quantitative estimate of drug-likeness (QED) is 0.757. The minimum Gasteiger partial charge on any atom is -0.374 e. The first kappa shape index (κ1) is 11.5. The average Bonchev–Trinajstić information content (AvgIpc) is 2.25. The zero-order valence-corrected chi connectivity index (χ0v) is 9.13. The third-order valence-corrected chi connectivity index (χ3v) is 2.34. The van der Waals surface area contributed by atoms with Gasteiger partial charge in [0.15, 0.2) is 0 Å². The van der Waals surface area contributed by atoms with Gasteiger partial charge in [0.1, 0.15) is 11.9 Å². The molecule has 1 aromatic rings. The Morgan fingerprint density at radius 2 is 2.20 bits per heavy atom. The average molecular weight is 206 g/mol. The highest BCUT2D eigenvalue weighted by Crippen LogP contribution is 2.20. The molecule has 0 spiro atoms. The Hall–Kier alpha value is -1.56. The van der Waals surface area contributed by atoms with Gasteiger partial charge in [0, 0.05) is 13.6 Å². The van der Waals surface area contributed by atoms with Crippen molar-refractivity contribution in [1.82, 2.24) is 0 Å². The number of anilines is 1. The molecule has 1 aromatic carbocycles. The van der Waals surface area contributed by atoms with Crippen LogP contribution in [0.3, 0.4) is 0 Å². The van der Waals surface area contributed by atoms with E-state index in [0.717, 1.165) is 25.1 Å². The van der Waals surface area contributed by atoms with E-state index < -0.39 is 0 Å². The molecule has 2 nitrogen and oxygen atoms in total. The third-order valence-electron chi connectivity index (χ3n) is 2.34. The predicted octanol–water partition coefficient (Wildman–Crippen LogP) is 2.93. The fourth-order valence-corrected chi connectivity index (χ4v) is 1.45. The van der Waals surface area contributed by atoms with Crippen molar-refractivity contribution in [1.29, 1.82) is 5.26 Å². The smallest absolute Gasteiger partial charge is 0.124 e. The van der Waals surface area contributed by atoms with Crippen molar-refractivity contribution < 1.29 is 4.39 Å². The molecule has 0 saturated carbocycles. The summed E-state index contributed by atoms with van der Waals surface area (Å²) in [4.78, 5) is 1.99. The molecule has 3 heteroatoms. The van der Waals surface area contributed by atoms with E-state index in [-0.39, 0.29) is 5.82 Å². The van der Waals surface area contributed by atoms with Gasteiger partial charge in [-0.1, -0.05) is 13.3 Å². The summed E-state index contributed by atoms with van der Waals surface area (Å²) in [6.07, 6.45) is 2.17. The molecule has 0 aromatic heterocycles. The van der Waals surface area contributed by atoms with E-state index in [4.69, 9.17) is 5.26 Å².